The molecule has 0 fully saturated rings. The molecule has 0 aliphatic heterocycles. The van der Waals surface area contributed by atoms with Gasteiger partial charge in [-0.25, -0.2) is 0 Å². The molecular weight excluding hydrogens is 168 g/mol. The van der Waals surface area contributed by atoms with Gasteiger partial charge in [0.25, 0.3) is 0 Å². The van der Waals surface area contributed by atoms with Crippen LogP contribution in [0.1, 0.15) is 48.0 Å². The molecule has 0 saturated heterocycles. The molecule has 0 spiro atoms. The predicted octanol–water partition coefficient (Wildman–Crippen LogP) is 5.14. The molecule has 0 N–H and O–H groups in total. The summed E-state index contributed by atoms with van der Waals surface area (Å²) in [6, 6.07) is 0. The topological polar surface area (TPSA) is 0 Å². The Hall–Kier alpha value is -0.780. The van der Waals surface area contributed by atoms with Crippen molar-refractivity contribution >= 4 is 0 Å². The molecule has 82 valence electrons. The highest BCUT2D eigenvalue weighted by Gasteiger charge is 2.12. The fourth-order valence-corrected chi connectivity index (χ4v) is 0.893. The number of allylic oxidation sites excluding steroid dienone is 4. The van der Waals surface area contributed by atoms with Crippen molar-refractivity contribution in [2.24, 2.45) is 5.41 Å². The first-order valence-electron chi connectivity index (χ1n) is 5.12. The second-order valence-electron chi connectivity index (χ2n) is 4.71. The Bertz CT molecular complexity index is 200. The molecule has 0 aliphatic rings. The van der Waals surface area contributed by atoms with E-state index in [4.69, 9.17) is 0 Å². The molecule has 0 unspecified atom stereocenters. The molecule has 14 heavy (non-hydrogen) atoms. The lowest BCUT2D eigenvalue weighted by molar-refractivity contribution is 0.476. The van der Waals surface area contributed by atoms with E-state index in [2.05, 4.69) is 46.9 Å². The third kappa shape index (κ3) is 13.8. The fourth-order valence-electron chi connectivity index (χ4n) is 0.893. The summed E-state index contributed by atoms with van der Waals surface area (Å²) in [7, 11) is 0. The minimum Gasteiger partial charge on any atom is -0.103 e. The summed E-state index contributed by atoms with van der Waals surface area (Å²) in [5, 5.41) is 0. The highest BCUT2D eigenvalue weighted by molar-refractivity contribution is 5.03. The first-order valence-corrected chi connectivity index (χ1v) is 5.12. The molecule has 0 aromatic heterocycles. The molecule has 0 amide bonds. The van der Waals surface area contributed by atoms with Crippen LogP contribution in [0.15, 0.2) is 36.5 Å². The van der Waals surface area contributed by atoms with Gasteiger partial charge < -0.3 is 0 Å². The van der Waals surface area contributed by atoms with Crippen LogP contribution in [0.2, 0.25) is 0 Å². The molecule has 0 aliphatic carbocycles. The van der Waals surface area contributed by atoms with Crippen LogP contribution in [0.4, 0.5) is 0 Å². The molecule has 0 aromatic carbocycles. The average Bonchev–Trinajstić information content (AvgIpc) is 2.02. The van der Waals surface area contributed by atoms with Crippen molar-refractivity contribution in [3.63, 3.8) is 0 Å². The molecular formula is C14H26. The maximum Gasteiger partial charge on any atom is -0.0140 e. The van der Waals surface area contributed by atoms with Crippen LogP contribution in [0, 0.1) is 5.41 Å². The van der Waals surface area contributed by atoms with Crippen LogP contribution in [0.5, 0.6) is 0 Å². The molecule has 0 heteroatoms. The van der Waals surface area contributed by atoms with E-state index < -0.39 is 0 Å². The summed E-state index contributed by atoms with van der Waals surface area (Å²) >= 11 is 0. The maximum absolute atomic E-state index is 3.79. The summed E-state index contributed by atoms with van der Waals surface area (Å²) in [4.78, 5) is 0. The van der Waals surface area contributed by atoms with Crippen molar-refractivity contribution < 1.29 is 0 Å². The standard InChI is InChI=1S/C10H18.C4H8/c1-6-9(3)8-10(4,5)7-2;1-4(2)3/h6-7H,2,8H2,1,3-5H3;1H2,2-3H3/b9-6-;. The van der Waals surface area contributed by atoms with Crippen molar-refractivity contribution in [3.8, 4) is 0 Å². The third-order valence-electron chi connectivity index (χ3n) is 1.78. The minimum absolute atomic E-state index is 0.261. The van der Waals surface area contributed by atoms with E-state index >= 15 is 0 Å². The van der Waals surface area contributed by atoms with E-state index in [1.807, 2.05) is 19.9 Å². The number of hydrogen-bond donors (Lipinski definition) is 0. The van der Waals surface area contributed by atoms with E-state index in [1.165, 1.54) is 11.1 Å². The maximum atomic E-state index is 3.79. The lowest BCUT2D eigenvalue weighted by Gasteiger charge is -2.19. The Kier molecular flexibility index (Phi) is 8.52. The van der Waals surface area contributed by atoms with Gasteiger partial charge in [-0.2, -0.15) is 0 Å². The molecule has 0 atom stereocenters. The molecule has 0 saturated carbocycles. The summed E-state index contributed by atoms with van der Waals surface area (Å²) in [5.41, 5.74) is 2.86. The van der Waals surface area contributed by atoms with Crippen LogP contribution in [-0.4, -0.2) is 0 Å². The predicted molar refractivity (Wildman–Crippen MR) is 68.5 cm³/mol. The number of rotatable bonds is 3. The molecule has 0 aromatic rings. The van der Waals surface area contributed by atoms with Gasteiger partial charge in [0.2, 0.25) is 0 Å². The zero-order chi connectivity index (χ0) is 11.8. The van der Waals surface area contributed by atoms with Gasteiger partial charge in [0.15, 0.2) is 0 Å². The normalized spacial score (nSPS) is 11.4. The lowest BCUT2D eigenvalue weighted by Crippen LogP contribution is -2.06. The van der Waals surface area contributed by atoms with Crippen LogP contribution in [0.3, 0.4) is 0 Å². The molecule has 0 bridgehead atoms. The average molecular weight is 194 g/mol. The van der Waals surface area contributed by atoms with Crippen molar-refractivity contribution in [3.05, 3.63) is 36.5 Å². The molecule has 0 rings (SSSR count). The first-order chi connectivity index (χ1) is 6.25. The Balaban J connectivity index is 0. The van der Waals surface area contributed by atoms with Crippen LogP contribution in [0.25, 0.3) is 0 Å². The zero-order valence-corrected chi connectivity index (χ0v) is 10.8. The fraction of sp³-hybridized carbons (Fsp3) is 0.571. The molecule has 0 radical (unpaired) electrons. The van der Waals surface area contributed by atoms with Crippen LogP contribution < -0.4 is 0 Å². The minimum atomic E-state index is 0.261. The van der Waals surface area contributed by atoms with E-state index in [0.29, 0.717) is 0 Å². The van der Waals surface area contributed by atoms with E-state index in [0.717, 1.165) is 6.42 Å². The van der Waals surface area contributed by atoms with Crippen molar-refractivity contribution in [1.29, 1.82) is 0 Å². The smallest absolute Gasteiger partial charge is 0.0140 e. The molecule has 0 nitrogen and oxygen atoms in total. The van der Waals surface area contributed by atoms with Gasteiger partial charge in [0, 0.05) is 0 Å². The Labute approximate surface area is 90.4 Å². The van der Waals surface area contributed by atoms with Crippen molar-refractivity contribution in [2.45, 2.75) is 48.0 Å². The largest absolute Gasteiger partial charge is 0.103 e. The highest BCUT2D eigenvalue weighted by Crippen LogP contribution is 2.25. The zero-order valence-electron chi connectivity index (χ0n) is 10.8. The van der Waals surface area contributed by atoms with E-state index in [9.17, 15) is 0 Å². The monoisotopic (exact) mass is 194 g/mol. The van der Waals surface area contributed by atoms with Crippen LogP contribution in [-0.2, 0) is 0 Å². The van der Waals surface area contributed by atoms with Gasteiger partial charge >= 0.3 is 0 Å². The van der Waals surface area contributed by atoms with Crippen LogP contribution >= 0.6 is 0 Å². The van der Waals surface area contributed by atoms with E-state index in [1.54, 1.807) is 0 Å². The van der Waals surface area contributed by atoms with Gasteiger partial charge in [-0.15, -0.1) is 13.2 Å². The quantitative estimate of drug-likeness (QED) is 0.546. The molecule has 0 heterocycles. The van der Waals surface area contributed by atoms with Gasteiger partial charge in [0.1, 0.15) is 0 Å². The van der Waals surface area contributed by atoms with E-state index in [-0.39, 0.29) is 5.41 Å². The number of hydrogen-bond acceptors (Lipinski definition) is 0. The summed E-state index contributed by atoms with van der Waals surface area (Å²) in [5.74, 6) is 0. The van der Waals surface area contributed by atoms with Crippen molar-refractivity contribution in [1.82, 2.24) is 0 Å². The Morgan fingerprint density at radius 2 is 1.57 bits per heavy atom. The lowest BCUT2D eigenvalue weighted by atomic mass is 9.86. The summed E-state index contributed by atoms with van der Waals surface area (Å²) in [6.07, 6.45) is 5.29. The second kappa shape index (κ2) is 7.61. The van der Waals surface area contributed by atoms with Crippen molar-refractivity contribution in [2.75, 3.05) is 0 Å². The first kappa shape index (κ1) is 15.7. The van der Waals surface area contributed by atoms with Gasteiger partial charge in [-0.3, -0.25) is 0 Å². The van der Waals surface area contributed by atoms with Gasteiger partial charge in [-0.1, -0.05) is 37.1 Å². The summed E-state index contributed by atoms with van der Waals surface area (Å²) in [6.45, 7) is 19.9. The van der Waals surface area contributed by atoms with Gasteiger partial charge in [0.05, 0.1) is 0 Å². The summed E-state index contributed by atoms with van der Waals surface area (Å²) < 4.78 is 0. The third-order valence-corrected chi connectivity index (χ3v) is 1.78. The Morgan fingerprint density at radius 3 is 1.79 bits per heavy atom. The van der Waals surface area contributed by atoms with Gasteiger partial charge in [-0.05, 0) is 39.5 Å². The SMILES string of the molecule is C=C(C)C.C=CC(C)(C)C/C(C)=C\C. The highest BCUT2D eigenvalue weighted by atomic mass is 14.2. The second-order valence-corrected chi connectivity index (χ2v) is 4.71. The Morgan fingerprint density at radius 1 is 1.21 bits per heavy atom.